The van der Waals surface area contributed by atoms with Crippen LogP contribution in [0.2, 0.25) is 0 Å². The van der Waals surface area contributed by atoms with E-state index in [0.29, 0.717) is 17.9 Å². The number of benzene rings is 1. The van der Waals surface area contributed by atoms with Crippen molar-refractivity contribution in [2.45, 2.75) is 31.6 Å². The van der Waals surface area contributed by atoms with E-state index in [1.807, 2.05) is 32.3 Å². The van der Waals surface area contributed by atoms with E-state index in [9.17, 15) is 9.59 Å². The highest BCUT2D eigenvalue weighted by molar-refractivity contribution is 6.01. The molecule has 0 spiro atoms. The Labute approximate surface area is 148 Å². The Kier molecular flexibility index (Phi) is 4.81. The summed E-state index contributed by atoms with van der Waals surface area (Å²) >= 11 is 0. The van der Waals surface area contributed by atoms with E-state index in [-0.39, 0.29) is 24.0 Å². The molecule has 1 atom stereocenters. The number of amides is 1. The number of rotatable bonds is 4. The highest BCUT2D eigenvalue weighted by Gasteiger charge is 2.40. The summed E-state index contributed by atoms with van der Waals surface area (Å²) in [5.74, 6) is 1.16. The fraction of sp³-hybridized carbons (Fsp3) is 0.474. The van der Waals surface area contributed by atoms with Gasteiger partial charge in [-0.15, -0.1) is 0 Å². The third kappa shape index (κ3) is 3.02. The molecule has 0 N–H and O–H groups in total. The van der Waals surface area contributed by atoms with Gasteiger partial charge in [-0.25, -0.2) is 10.0 Å². The van der Waals surface area contributed by atoms with Crippen LogP contribution in [0.25, 0.3) is 0 Å². The zero-order chi connectivity index (χ0) is 18.1. The minimum absolute atomic E-state index is 0.0123. The summed E-state index contributed by atoms with van der Waals surface area (Å²) in [6, 6.07) is 5.61. The second-order valence-electron chi connectivity index (χ2n) is 6.56. The number of Topliss-reactive ketones (excluding diaryl/α,β-unsaturated/α-hetero) is 1. The summed E-state index contributed by atoms with van der Waals surface area (Å²) in [5, 5.41) is 3.42. The second-order valence-corrected chi connectivity index (χ2v) is 6.56. The van der Waals surface area contributed by atoms with Crippen LogP contribution in [0.4, 0.5) is 0 Å². The summed E-state index contributed by atoms with van der Waals surface area (Å²) in [6.45, 7) is 0. The van der Waals surface area contributed by atoms with Gasteiger partial charge in [-0.2, -0.15) is 0 Å². The first kappa shape index (κ1) is 17.5. The van der Waals surface area contributed by atoms with E-state index in [2.05, 4.69) is 0 Å². The number of nitrogens with zero attached hydrogens (tertiary/aromatic N) is 2. The van der Waals surface area contributed by atoms with Crippen molar-refractivity contribution in [3.05, 3.63) is 35.0 Å². The molecule has 1 heterocycles. The molecule has 0 aromatic heterocycles. The summed E-state index contributed by atoms with van der Waals surface area (Å²) in [6.07, 6.45) is 2.35. The molecule has 0 saturated carbocycles. The number of ketones is 1. The summed E-state index contributed by atoms with van der Waals surface area (Å²) in [7, 11) is 6.83. The first-order valence-corrected chi connectivity index (χ1v) is 8.46. The van der Waals surface area contributed by atoms with Crippen molar-refractivity contribution >= 4 is 11.7 Å². The van der Waals surface area contributed by atoms with Gasteiger partial charge in [0, 0.05) is 44.1 Å². The monoisotopic (exact) mass is 344 g/mol. The Morgan fingerprint density at radius 3 is 2.44 bits per heavy atom. The highest BCUT2D eigenvalue weighted by Crippen LogP contribution is 2.43. The molecule has 0 fully saturated rings. The Morgan fingerprint density at radius 2 is 1.80 bits per heavy atom. The van der Waals surface area contributed by atoms with Gasteiger partial charge in [0.15, 0.2) is 17.3 Å². The van der Waals surface area contributed by atoms with Crippen molar-refractivity contribution in [3.8, 4) is 11.5 Å². The quantitative estimate of drug-likeness (QED) is 0.840. The molecule has 1 aromatic carbocycles. The van der Waals surface area contributed by atoms with Gasteiger partial charge in [-0.05, 0) is 30.5 Å². The molecule has 25 heavy (non-hydrogen) atoms. The van der Waals surface area contributed by atoms with E-state index in [4.69, 9.17) is 9.47 Å². The van der Waals surface area contributed by atoms with Crippen LogP contribution in [0, 0.1) is 0 Å². The summed E-state index contributed by atoms with van der Waals surface area (Å²) < 4.78 is 10.7. The third-order valence-electron chi connectivity index (χ3n) is 4.86. The minimum atomic E-state index is -0.230. The second kappa shape index (κ2) is 6.88. The molecule has 1 amide bonds. The van der Waals surface area contributed by atoms with Gasteiger partial charge in [-0.3, -0.25) is 9.59 Å². The lowest BCUT2D eigenvalue weighted by molar-refractivity contribution is -0.143. The number of carbonyl (C=O) groups excluding carboxylic acids is 2. The molecule has 0 saturated heterocycles. The third-order valence-corrected chi connectivity index (χ3v) is 4.86. The summed E-state index contributed by atoms with van der Waals surface area (Å²) in [5.41, 5.74) is 2.52. The zero-order valence-electron chi connectivity index (χ0n) is 15.2. The van der Waals surface area contributed by atoms with Gasteiger partial charge in [0.2, 0.25) is 5.91 Å². The number of allylic oxidation sites excluding steroid dienone is 2. The molecular formula is C19H24N2O4. The Morgan fingerprint density at radius 1 is 1.08 bits per heavy atom. The van der Waals surface area contributed by atoms with Gasteiger partial charge in [0.1, 0.15) is 0 Å². The van der Waals surface area contributed by atoms with Gasteiger partial charge >= 0.3 is 0 Å². The smallest absolute Gasteiger partial charge is 0.242 e. The average Bonchev–Trinajstić information content (AvgIpc) is 2.60. The highest BCUT2D eigenvalue weighted by atomic mass is 16.5. The van der Waals surface area contributed by atoms with Crippen molar-refractivity contribution in [1.82, 2.24) is 10.0 Å². The van der Waals surface area contributed by atoms with Gasteiger partial charge < -0.3 is 9.47 Å². The Hall–Kier alpha value is -2.34. The van der Waals surface area contributed by atoms with E-state index in [1.54, 1.807) is 24.2 Å². The van der Waals surface area contributed by atoms with Crippen molar-refractivity contribution in [2.24, 2.45) is 0 Å². The molecule has 1 aromatic rings. The topological polar surface area (TPSA) is 59.1 Å². The maximum Gasteiger partial charge on any atom is 0.242 e. The summed E-state index contributed by atoms with van der Waals surface area (Å²) in [4.78, 5) is 25.4. The predicted molar refractivity (Wildman–Crippen MR) is 93.3 cm³/mol. The molecule has 6 heteroatoms. The zero-order valence-corrected chi connectivity index (χ0v) is 15.2. The van der Waals surface area contributed by atoms with E-state index < -0.39 is 0 Å². The lowest BCUT2D eigenvalue weighted by Gasteiger charge is -2.41. The van der Waals surface area contributed by atoms with Crippen LogP contribution in [0.3, 0.4) is 0 Å². The van der Waals surface area contributed by atoms with Crippen molar-refractivity contribution in [2.75, 3.05) is 28.3 Å². The van der Waals surface area contributed by atoms with Crippen LogP contribution < -0.4 is 9.47 Å². The standard InChI is InChI=1S/C19H24N2O4/c1-20(2)21-14-6-5-7-15(22)19(14)13(11-18(21)23)12-8-9-16(24-3)17(10-12)25-4/h8-10,13H,5-7,11H2,1-4H3/t13-/m1/s1. The first-order chi connectivity index (χ1) is 12.0. The van der Waals surface area contributed by atoms with Crippen LogP contribution in [-0.4, -0.2) is 50.0 Å². The van der Waals surface area contributed by atoms with Crippen LogP contribution in [-0.2, 0) is 9.59 Å². The maximum atomic E-state index is 12.7. The van der Waals surface area contributed by atoms with Crippen molar-refractivity contribution in [1.29, 1.82) is 0 Å². The van der Waals surface area contributed by atoms with Crippen LogP contribution in [0.1, 0.15) is 37.2 Å². The SMILES string of the molecule is COc1ccc([C@H]2CC(=O)N(N(C)C)C3=C2C(=O)CCC3)cc1OC. The number of ether oxygens (including phenoxy) is 2. The van der Waals surface area contributed by atoms with E-state index >= 15 is 0 Å². The molecule has 3 rings (SSSR count). The molecule has 134 valence electrons. The molecule has 1 aliphatic carbocycles. The fourth-order valence-electron chi connectivity index (χ4n) is 3.79. The van der Waals surface area contributed by atoms with Crippen LogP contribution in [0.15, 0.2) is 29.5 Å². The molecule has 0 bridgehead atoms. The lowest BCUT2D eigenvalue weighted by atomic mass is 9.77. The van der Waals surface area contributed by atoms with E-state index in [1.165, 1.54) is 0 Å². The number of hydrogen-bond acceptors (Lipinski definition) is 5. The molecular weight excluding hydrogens is 320 g/mol. The van der Waals surface area contributed by atoms with Gasteiger partial charge in [0.05, 0.1) is 14.2 Å². The Bertz CT molecular complexity index is 739. The largest absolute Gasteiger partial charge is 0.493 e. The van der Waals surface area contributed by atoms with E-state index in [0.717, 1.165) is 29.7 Å². The van der Waals surface area contributed by atoms with Crippen LogP contribution in [0.5, 0.6) is 11.5 Å². The molecule has 6 nitrogen and oxygen atoms in total. The molecule has 0 radical (unpaired) electrons. The minimum Gasteiger partial charge on any atom is -0.493 e. The number of carbonyl (C=O) groups is 2. The van der Waals surface area contributed by atoms with Gasteiger partial charge in [0.25, 0.3) is 0 Å². The first-order valence-electron chi connectivity index (χ1n) is 8.46. The Balaban J connectivity index is 2.11. The van der Waals surface area contributed by atoms with Crippen molar-refractivity contribution in [3.63, 3.8) is 0 Å². The molecule has 2 aliphatic rings. The fourth-order valence-corrected chi connectivity index (χ4v) is 3.79. The molecule has 1 aliphatic heterocycles. The van der Waals surface area contributed by atoms with Crippen LogP contribution >= 0.6 is 0 Å². The predicted octanol–water partition coefficient (Wildman–Crippen LogP) is 2.50. The molecule has 0 unspecified atom stereocenters. The number of hydrazine groups is 1. The van der Waals surface area contributed by atoms with Crippen molar-refractivity contribution < 1.29 is 19.1 Å². The van der Waals surface area contributed by atoms with Gasteiger partial charge in [-0.1, -0.05) is 6.07 Å². The number of methoxy groups -OCH3 is 2. The normalized spacial score (nSPS) is 20.8. The lowest BCUT2D eigenvalue weighted by Crippen LogP contribution is -2.47. The maximum absolute atomic E-state index is 12.7. The average molecular weight is 344 g/mol. The number of hydrogen-bond donors (Lipinski definition) is 0.